The van der Waals surface area contributed by atoms with E-state index in [0.29, 0.717) is 12.8 Å². The van der Waals surface area contributed by atoms with Gasteiger partial charge in [0.05, 0.1) is 50.7 Å². The SMILES string of the molecule is CCCCCCCCCCCCCCCCC/C=C/C(O)C(COC1OC(CO)C(OC2OC(CO)C(O)C(OC3(C(=O)O)CC(O)C(NC(C)=O)C(C(O)C(O)CO)O3)C2O)C(O)C1O)NC(=O)CCCCCCCCCCCCCCCCCCCCCCCCCCCCC. The number of allylic oxidation sites excluding steroid dienone is 1. The number of nitrogens with one attached hydrogen (secondary N) is 2. The summed E-state index contributed by atoms with van der Waals surface area (Å²) < 4.78 is 34.9. The minimum absolute atomic E-state index is 0.206. The van der Waals surface area contributed by atoms with Crippen molar-refractivity contribution in [2.24, 2.45) is 0 Å². The first-order chi connectivity index (χ1) is 47.4. The molecule has 0 aromatic heterocycles. The molecule has 0 aromatic rings. The third kappa shape index (κ3) is 35.8. The van der Waals surface area contributed by atoms with Crippen LogP contribution < -0.4 is 10.6 Å². The number of carbonyl (C=O) groups excluding carboxylic acids is 2. The molecule has 3 heterocycles. The molecule has 0 bridgehead atoms. The van der Waals surface area contributed by atoms with Crippen molar-refractivity contribution in [1.82, 2.24) is 10.6 Å². The summed E-state index contributed by atoms with van der Waals surface area (Å²) in [5.74, 6) is -6.13. The Balaban J connectivity index is 1.52. The van der Waals surface area contributed by atoms with Crippen molar-refractivity contribution in [3.63, 3.8) is 0 Å². The molecular weight excluding hydrogens is 1260 g/mol. The molecule has 3 aliphatic rings. The van der Waals surface area contributed by atoms with E-state index in [2.05, 4.69) is 24.5 Å². The van der Waals surface area contributed by atoms with Crippen LogP contribution in [-0.4, -0.2) is 215 Å². The van der Waals surface area contributed by atoms with Gasteiger partial charge in [-0.3, -0.25) is 9.59 Å². The predicted molar refractivity (Wildman–Crippen MR) is 375 cm³/mol. The number of aliphatic hydroxyl groups is 11. The summed E-state index contributed by atoms with van der Waals surface area (Å²) >= 11 is 0. The first-order valence-electron chi connectivity index (χ1n) is 39.1. The van der Waals surface area contributed by atoms with Crippen molar-refractivity contribution in [1.29, 1.82) is 0 Å². The molecule has 98 heavy (non-hydrogen) atoms. The third-order valence-corrected chi connectivity index (χ3v) is 20.0. The maximum Gasteiger partial charge on any atom is 0.364 e. The van der Waals surface area contributed by atoms with Crippen LogP contribution in [0.1, 0.15) is 310 Å². The fourth-order valence-corrected chi connectivity index (χ4v) is 13.8. The molecule has 0 aromatic carbocycles. The maximum absolute atomic E-state index is 13.5. The van der Waals surface area contributed by atoms with Gasteiger partial charge >= 0.3 is 5.97 Å². The molecule has 3 fully saturated rings. The number of aliphatic hydroxyl groups excluding tert-OH is 11. The molecular formula is C75H140N2O21. The monoisotopic (exact) mass is 1400 g/mol. The summed E-state index contributed by atoms with van der Waals surface area (Å²) in [4.78, 5) is 38.6. The molecule has 576 valence electrons. The number of hydrogen-bond donors (Lipinski definition) is 14. The summed E-state index contributed by atoms with van der Waals surface area (Å²) in [6, 6.07) is -2.61. The quantitative estimate of drug-likeness (QED) is 0.0199. The standard InChI is InChI=1S/C75H140N2O21/c1-4-6-8-10-12-14-16-18-20-22-23-24-25-26-27-28-29-30-31-33-35-37-39-41-43-45-47-49-62(85)77-56(57(82)48-46-44-42-40-38-36-34-32-21-19-17-15-13-11-9-7-5-2)54-93-72-67(89)66(88)69(61(53-80)95-72)96-73-68(90)71(65(87)60(52-79)94-73)98-75(74(91)92)50-58(83)63(76-55(3)81)70(97-75)64(86)59(84)51-78/h46,48,56-61,63-73,78-80,82-84,86-90H,4-45,47,49-54H2,1-3H3,(H,76,81)(H,77,85)(H,91,92)/b48-46+. The summed E-state index contributed by atoms with van der Waals surface area (Å²) in [6.45, 7) is 2.18. The van der Waals surface area contributed by atoms with Crippen molar-refractivity contribution < 1.29 is 104 Å². The topological polar surface area (TPSA) is 373 Å². The number of carbonyl (C=O) groups is 3. The van der Waals surface area contributed by atoms with E-state index in [4.69, 9.17) is 28.4 Å². The number of rotatable bonds is 61. The molecule has 0 aliphatic carbocycles. The minimum Gasteiger partial charge on any atom is -0.477 e. The highest BCUT2D eigenvalue weighted by molar-refractivity contribution is 5.77. The average Bonchev–Trinajstić information content (AvgIpc) is 0.757. The van der Waals surface area contributed by atoms with E-state index in [9.17, 15) is 75.7 Å². The third-order valence-electron chi connectivity index (χ3n) is 20.0. The van der Waals surface area contributed by atoms with Crippen molar-refractivity contribution in [3.05, 3.63) is 12.2 Å². The van der Waals surface area contributed by atoms with E-state index >= 15 is 0 Å². The van der Waals surface area contributed by atoms with Gasteiger partial charge in [-0.05, 0) is 19.3 Å². The van der Waals surface area contributed by atoms with Crippen LogP contribution in [0.4, 0.5) is 0 Å². The lowest BCUT2D eigenvalue weighted by molar-refractivity contribution is -0.386. The van der Waals surface area contributed by atoms with Crippen LogP contribution in [0.25, 0.3) is 0 Å². The Kier molecular flexibility index (Phi) is 50.4. The summed E-state index contributed by atoms with van der Waals surface area (Å²) in [5.41, 5.74) is 0. The molecule has 18 atom stereocenters. The number of ether oxygens (including phenoxy) is 6. The van der Waals surface area contributed by atoms with Gasteiger partial charge in [-0.15, -0.1) is 0 Å². The van der Waals surface area contributed by atoms with Crippen molar-refractivity contribution in [2.75, 3.05) is 26.4 Å². The van der Waals surface area contributed by atoms with E-state index in [1.807, 2.05) is 6.08 Å². The zero-order chi connectivity index (χ0) is 71.8. The zero-order valence-electron chi connectivity index (χ0n) is 60.7. The number of aliphatic carboxylic acids is 1. The molecule has 23 nitrogen and oxygen atoms in total. The van der Waals surface area contributed by atoms with Gasteiger partial charge in [-0.25, -0.2) is 4.79 Å². The molecule has 2 amide bonds. The van der Waals surface area contributed by atoms with Gasteiger partial charge in [0.25, 0.3) is 5.79 Å². The van der Waals surface area contributed by atoms with Crippen LogP contribution in [0.15, 0.2) is 12.2 Å². The number of amides is 2. The molecule has 23 heteroatoms. The van der Waals surface area contributed by atoms with Gasteiger partial charge in [-0.1, -0.05) is 283 Å². The second kappa shape index (κ2) is 55.0. The Morgan fingerprint density at radius 3 is 1.36 bits per heavy atom. The fraction of sp³-hybridized carbons (Fsp3) is 0.933. The molecule has 3 aliphatic heterocycles. The van der Waals surface area contributed by atoms with Gasteiger partial charge in [0.15, 0.2) is 12.6 Å². The van der Waals surface area contributed by atoms with Gasteiger partial charge < -0.3 is 100 Å². The predicted octanol–water partition coefficient (Wildman–Crippen LogP) is 9.41. The smallest absolute Gasteiger partial charge is 0.364 e. The number of carboxylic acid groups (broad SMARTS) is 1. The van der Waals surface area contributed by atoms with Crippen molar-refractivity contribution in [3.8, 4) is 0 Å². The van der Waals surface area contributed by atoms with Crippen molar-refractivity contribution >= 4 is 17.8 Å². The Bertz CT molecular complexity index is 2010. The van der Waals surface area contributed by atoms with E-state index in [0.717, 1.165) is 51.9 Å². The summed E-state index contributed by atoms with van der Waals surface area (Å²) in [5, 5.41) is 136. The molecule has 18 unspecified atom stereocenters. The second-order valence-corrected chi connectivity index (χ2v) is 28.6. The largest absolute Gasteiger partial charge is 0.477 e. The molecule has 0 saturated carbocycles. The Hall–Kier alpha value is -2.53. The molecule has 3 saturated heterocycles. The first kappa shape index (κ1) is 89.7. The molecule has 0 spiro atoms. The number of carboxylic acids is 1. The minimum atomic E-state index is -3.08. The van der Waals surface area contributed by atoms with Gasteiger partial charge in [-0.2, -0.15) is 0 Å². The molecule has 14 N–H and O–H groups in total. The van der Waals surface area contributed by atoms with Gasteiger partial charge in [0.2, 0.25) is 11.8 Å². The molecule has 0 radical (unpaired) electrons. The van der Waals surface area contributed by atoms with Gasteiger partial charge in [0, 0.05) is 19.8 Å². The lowest BCUT2D eigenvalue weighted by Gasteiger charge is -2.50. The van der Waals surface area contributed by atoms with Gasteiger partial charge in [0.1, 0.15) is 67.1 Å². The summed E-state index contributed by atoms with van der Waals surface area (Å²) in [7, 11) is 0. The lowest BCUT2D eigenvalue weighted by atomic mass is 9.88. The molecule has 3 rings (SSSR count). The Labute approximate surface area is 588 Å². The van der Waals surface area contributed by atoms with E-state index in [-0.39, 0.29) is 12.3 Å². The number of hydrogen-bond acceptors (Lipinski definition) is 20. The van der Waals surface area contributed by atoms with Crippen LogP contribution in [0.2, 0.25) is 0 Å². The Morgan fingerprint density at radius 2 is 0.949 bits per heavy atom. The number of unbranched alkanes of at least 4 members (excludes halogenated alkanes) is 41. The maximum atomic E-state index is 13.5. The van der Waals surface area contributed by atoms with Crippen LogP contribution in [0.3, 0.4) is 0 Å². The highest BCUT2D eigenvalue weighted by Crippen LogP contribution is 2.39. The van der Waals surface area contributed by atoms with Crippen LogP contribution in [0, 0.1) is 0 Å². The van der Waals surface area contributed by atoms with Crippen LogP contribution in [-0.2, 0) is 42.8 Å². The summed E-state index contributed by atoms with van der Waals surface area (Å²) in [6.07, 6.45) is 28.2. The van der Waals surface area contributed by atoms with E-state index in [1.165, 1.54) is 218 Å². The fourth-order valence-electron chi connectivity index (χ4n) is 13.8. The van der Waals surface area contributed by atoms with E-state index in [1.54, 1.807) is 6.08 Å². The highest BCUT2D eigenvalue weighted by Gasteiger charge is 2.60. The lowest BCUT2D eigenvalue weighted by Crippen LogP contribution is -2.70. The highest BCUT2D eigenvalue weighted by atomic mass is 16.8. The van der Waals surface area contributed by atoms with Crippen LogP contribution in [0.5, 0.6) is 0 Å². The van der Waals surface area contributed by atoms with Crippen LogP contribution >= 0.6 is 0 Å². The van der Waals surface area contributed by atoms with E-state index < -0.39 is 155 Å². The second-order valence-electron chi connectivity index (χ2n) is 28.6. The Morgan fingerprint density at radius 1 is 0.531 bits per heavy atom. The normalized spacial score (nSPS) is 27.3. The first-order valence-corrected chi connectivity index (χ1v) is 39.1. The van der Waals surface area contributed by atoms with Crippen molar-refractivity contribution in [2.45, 2.75) is 420 Å². The zero-order valence-corrected chi connectivity index (χ0v) is 60.7. The average molecular weight is 1410 g/mol.